The lowest BCUT2D eigenvalue weighted by Gasteiger charge is -2.27. The highest BCUT2D eigenvalue weighted by Gasteiger charge is 2.27. The number of aryl methyl sites for hydroxylation is 2. The van der Waals surface area contributed by atoms with Crippen LogP contribution in [-0.4, -0.2) is 75.2 Å². The Hall–Kier alpha value is -0.850. The molecule has 162 valence electrons. The fourth-order valence-corrected chi connectivity index (χ4v) is 4.41. The first-order valence-corrected chi connectivity index (χ1v) is 11.2. The summed E-state index contributed by atoms with van der Waals surface area (Å²) in [7, 11) is -2.85. The largest absolute Gasteiger partial charge is 0.466 e. The highest BCUT2D eigenvalue weighted by Crippen LogP contribution is 2.27. The van der Waals surface area contributed by atoms with Gasteiger partial charge < -0.3 is 20.2 Å². The van der Waals surface area contributed by atoms with Crippen LogP contribution in [0.3, 0.4) is 0 Å². The van der Waals surface area contributed by atoms with E-state index in [-0.39, 0.29) is 42.0 Å². The normalized spacial score (nSPS) is 19.5. The van der Waals surface area contributed by atoms with E-state index in [1.807, 2.05) is 26.8 Å². The van der Waals surface area contributed by atoms with Gasteiger partial charge in [-0.05, 0) is 33.8 Å². The summed E-state index contributed by atoms with van der Waals surface area (Å²) in [6, 6.07) is 1.84. The molecule has 0 spiro atoms. The summed E-state index contributed by atoms with van der Waals surface area (Å²) < 4.78 is 28.5. The van der Waals surface area contributed by atoms with E-state index < -0.39 is 15.4 Å². The second kappa shape index (κ2) is 10.8. The molecule has 0 radical (unpaired) electrons. The van der Waals surface area contributed by atoms with Gasteiger partial charge in [-0.25, -0.2) is 13.4 Å². The zero-order valence-electron chi connectivity index (χ0n) is 17.1. The molecule has 10 heteroatoms. The maximum Gasteiger partial charge on any atom is 0.191 e. The van der Waals surface area contributed by atoms with Crippen LogP contribution < -0.4 is 10.6 Å². The standard InChI is InChI=1S/C18H32N4O4S.HI/c1-5-19-17(20-6-7-22-8-10-27(24,25)11-9-22)21-13-18(4,23)16-12-14(2)26-15(16)3;/h12,23H,5-11,13H2,1-4H3,(H2,19,20,21);1H. The third-order valence-electron chi connectivity index (χ3n) is 4.67. The van der Waals surface area contributed by atoms with Gasteiger partial charge in [0, 0.05) is 38.3 Å². The van der Waals surface area contributed by atoms with Crippen molar-refractivity contribution in [1.82, 2.24) is 15.5 Å². The summed E-state index contributed by atoms with van der Waals surface area (Å²) in [5.74, 6) is 2.55. The molecular weight excluding hydrogens is 495 g/mol. The van der Waals surface area contributed by atoms with Gasteiger partial charge in [0.1, 0.15) is 17.1 Å². The Bertz CT molecular complexity index is 748. The monoisotopic (exact) mass is 528 g/mol. The Morgan fingerprint density at radius 2 is 1.96 bits per heavy atom. The predicted octanol–water partition coefficient (Wildman–Crippen LogP) is 1.01. The highest BCUT2D eigenvalue weighted by molar-refractivity contribution is 14.0. The van der Waals surface area contributed by atoms with Crippen molar-refractivity contribution < 1.29 is 17.9 Å². The third-order valence-corrected chi connectivity index (χ3v) is 6.28. The predicted molar refractivity (Wildman–Crippen MR) is 122 cm³/mol. The SMILES string of the molecule is CCNC(=NCC(C)(O)c1cc(C)oc1C)NCCN1CCS(=O)(=O)CC1.I. The van der Waals surface area contributed by atoms with Crippen LogP contribution >= 0.6 is 24.0 Å². The summed E-state index contributed by atoms with van der Waals surface area (Å²) in [5.41, 5.74) is -0.375. The van der Waals surface area contributed by atoms with Crippen molar-refractivity contribution in [3.63, 3.8) is 0 Å². The van der Waals surface area contributed by atoms with Crippen molar-refractivity contribution >= 4 is 39.8 Å². The Kier molecular flexibility index (Phi) is 9.71. The minimum Gasteiger partial charge on any atom is -0.466 e. The average Bonchev–Trinajstić information content (AvgIpc) is 2.93. The second-order valence-electron chi connectivity index (χ2n) is 7.22. The van der Waals surface area contributed by atoms with Crippen LogP contribution in [0, 0.1) is 13.8 Å². The Balaban J connectivity index is 0.00000392. The van der Waals surface area contributed by atoms with Gasteiger partial charge >= 0.3 is 0 Å². The Morgan fingerprint density at radius 3 is 2.50 bits per heavy atom. The Labute approximate surface area is 185 Å². The number of hydrogen-bond donors (Lipinski definition) is 3. The van der Waals surface area contributed by atoms with Gasteiger partial charge in [0.15, 0.2) is 15.8 Å². The lowest BCUT2D eigenvalue weighted by molar-refractivity contribution is 0.0657. The number of rotatable bonds is 7. The highest BCUT2D eigenvalue weighted by atomic mass is 127. The van der Waals surface area contributed by atoms with Crippen LogP contribution in [0.1, 0.15) is 30.9 Å². The second-order valence-corrected chi connectivity index (χ2v) is 9.52. The van der Waals surface area contributed by atoms with E-state index in [4.69, 9.17) is 4.42 Å². The average molecular weight is 528 g/mol. The molecule has 28 heavy (non-hydrogen) atoms. The first-order valence-electron chi connectivity index (χ1n) is 9.38. The minimum atomic E-state index is -2.85. The minimum absolute atomic E-state index is 0. The fraction of sp³-hybridized carbons (Fsp3) is 0.722. The van der Waals surface area contributed by atoms with Crippen LogP contribution in [0.15, 0.2) is 15.5 Å². The number of sulfone groups is 1. The van der Waals surface area contributed by atoms with E-state index in [2.05, 4.69) is 20.5 Å². The van der Waals surface area contributed by atoms with Gasteiger partial charge in [0.05, 0.1) is 18.1 Å². The van der Waals surface area contributed by atoms with Crippen molar-refractivity contribution in [2.24, 2.45) is 4.99 Å². The number of furan rings is 1. The molecule has 1 fully saturated rings. The van der Waals surface area contributed by atoms with Gasteiger partial charge in [-0.15, -0.1) is 24.0 Å². The summed E-state index contributed by atoms with van der Waals surface area (Å²) in [5, 5.41) is 17.2. The maximum atomic E-state index is 11.5. The molecule has 8 nitrogen and oxygen atoms in total. The first-order chi connectivity index (χ1) is 12.6. The van der Waals surface area contributed by atoms with E-state index in [0.717, 1.165) is 17.9 Å². The van der Waals surface area contributed by atoms with Crippen LogP contribution in [0.5, 0.6) is 0 Å². The topological polar surface area (TPSA) is 107 Å². The molecule has 1 unspecified atom stereocenters. The number of halogens is 1. The molecule has 3 N–H and O–H groups in total. The quantitative estimate of drug-likeness (QED) is 0.276. The number of nitrogens with one attached hydrogen (secondary N) is 2. The molecule has 0 amide bonds. The van der Waals surface area contributed by atoms with Crippen LogP contribution in [-0.2, 0) is 15.4 Å². The van der Waals surface area contributed by atoms with Gasteiger partial charge in [0.25, 0.3) is 0 Å². The van der Waals surface area contributed by atoms with Crippen LogP contribution in [0.25, 0.3) is 0 Å². The lowest BCUT2D eigenvalue weighted by Crippen LogP contribution is -2.46. The molecule has 0 bridgehead atoms. The number of aliphatic imine (C=N–C) groups is 1. The molecule has 1 atom stereocenters. The fourth-order valence-electron chi connectivity index (χ4n) is 3.13. The molecule has 2 rings (SSSR count). The maximum absolute atomic E-state index is 11.5. The zero-order valence-corrected chi connectivity index (χ0v) is 20.3. The lowest BCUT2D eigenvalue weighted by atomic mass is 9.96. The number of aliphatic hydroxyl groups is 1. The smallest absolute Gasteiger partial charge is 0.191 e. The van der Waals surface area contributed by atoms with Gasteiger partial charge in [0.2, 0.25) is 0 Å². The van der Waals surface area contributed by atoms with Crippen LogP contribution in [0.4, 0.5) is 0 Å². The third kappa shape index (κ3) is 7.53. The molecule has 1 saturated heterocycles. The van der Waals surface area contributed by atoms with Crippen LogP contribution in [0.2, 0.25) is 0 Å². The van der Waals surface area contributed by atoms with Crippen molar-refractivity contribution in [1.29, 1.82) is 0 Å². The van der Waals surface area contributed by atoms with Gasteiger partial charge in [-0.1, -0.05) is 0 Å². The van der Waals surface area contributed by atoms with E-state index in [1.165, 1.54) is 0 Å². The molecule has 1 aliphatic heterocycles. The molecule has 2 heterocycles. The molecular formula is C18H33IN4O4S. The van der Waals surface area contributed by atoms with Crippen molar-refractivity contribution in [3.05, 3.63) is 23.2 Å². The summed E-state index contributed by atoms with van der Waals surface area (Å²) in [4.78, 5) is 6.64. The van der Waals surface area contributed by atoms with E-state index >= 15 is 0 Å². The van der Waals surface area contributed by atoms with Gasteiger partial charge in [-0.3, -0.25) is 4.90 Å². The van der Waals surface area contributed by atoms with Crippen molar-refractivity contribution in [2.75, 3.05) is 50.8 Å². The number of guanidine groups is 1. The molecule has 0 aliphatic carbocycles. The number of nitrogens with zero attached hydrogens (tertiary/aromatic N) is 2. The molecule has 1 aromatic heterocycles. The Morgan fingerprint density at radius 1 is 1.32 bits per heavy atom. The molecule has 1 aliphatic rings. The van der Waals surface area contributed by atoms with Crippen molar-refractivity contribution in [2.45, 2.75) is 33.3 Å². The summed E-state index contributed by atoms with van der Waals surface area (Å²) >= 11 is 0. The molecule has 0 aromatic carbocycles. The van der Waals surface area contributed by atoms with Gasteiger partial charge in [-0.2, -0.15) is 0 Å². The number of hydrogen-bond acceptors (Lipinski definition) is 6. The summed E-state index contributed by atoms with van der Waals surface area (Å²) in [6.45, 7) is 10.9. The summed E-state index contributed by atoms with van der Waals surface area (Å²) in [6.07, 6.45) is 0. The van der Waals surface area contributed by atoms with E-state index in [9.17, 15) is 13.5 Å². The molecule has 1 aromatic rings. The first kappa shape index (κ1) is 25.2. The van der Waals surface area contributed by atoms with Crippen molar-refractivity contribution in [3.8, 4) is 0 Å². The molecule has 0 saturated carbocycles. The van der Waals surface area contributed by atoms with E-state index in [1.54, 1.807) is 6.92 Å². The van der Waals surface area contributed by atoms with E-state index in [0.29, 0.717) is 37.9 Å². The zero-order chi connectivity index (χ0) is 20.1.